The first-order valence-corrected chi connectivity index (χ1v) is 6.69. The van der Waals surface area contributed by atoms with Crippen molar-refractivity contribution in [2.24, 2.45) is 12.9 Å². The van der Waals surface area contributed by atoms with Crippen LogP contribution in [0.5, 0.6) is 0 Å². The number of imidazole rings is 1. The standard InChI is InChI=1S/C18H19N3O/c1-12-19-9-10-21(12)11-13-7-8-16-17(18(13)22)14-5-3-4-6-15(14)20(16)2/h3-6,9-10,13H,7-8,11H2,1-2H3/i2D3,7D2,8D2,9D,10D,11D2. The molecule has 112 valence electrons. The van der Waals surface area contributed by atoms with Crippen LogP contribution < -0.4 is 0 Å². The van der Waals surface area contributed by atoms with E-state index in [1.54, 1.807) is 0 Å². The van der Waals surface area contributed by atoms with Crippen LogP contribution in [0.15, 0.2) is 36.6 Å². The topological polar surface area (TPSA) is 39.8 Å². The third-order valence-corrected chi connectivity index (χ3v) is 3.68. The molecule has 0 bridgehead atoms. The van der Waals surface area contributed by atoms with Gasteiger partial charge in [0.25, 0.3) is 0 Å². The van der Waals surface area contributed by atoms with E-state index in [0.717, 1.165) is 0 Å². The van der Waals surface area contributed by atoms with Gasteiger partial charge in [0.2, 0.25) is 0 Å². The molecule has 0 amide bonds. The number of ketones is 1. The van der Waals surface area contributed by atoms with Crippen molar-refractivity contribution in [1.82, 2.24) is 14.1 Å². The Morgan fingerprint density at radius 1 is 1.55 bits per heavy atom. The number of para-hydroxylation sites is 1. The first-order chi connectivity index (χ1) is 15.0. The second-order valence-corrected chi connectivity index (χ2v) is 4.99. The maximum absolute atomic E-state index is 13.7. The van der Waals surface area contributed by atoms with Crippen LogP contribution in [0, 0.1) is 12.8 Å². The summed E-state index contributed by atoms with van der Waals surface area (Å²) in [6.45, 7) is -4.65. The molecule has 1 aliphatic carbocycles. The molecule has 0 N–H and O–H groups in total. The Labute approximate surface area is 144 Å². The lowest BCUT2D eigenvalue weighted by Gasteiger charge is -2.23. The number of hydrogen-bond donors (Lipinski definition) is 0. The molecule has 0 saturated carbocycles. The predicted octanol–water partition coefficient (Wildman–Crippen LogP) is 3.13. The highest BCUT2D eigenvalue weighted by molar-refractivity contribution is 6.11. The molecular weight excluding hydrogens is 274 g/mol. The zero-order valence-electron chi connectivity index (χ0n) is 22.6. The van der Waals surface area contributed by atoms with E-state index in [1.165, 1.54) is 31.2 Å². The Morgan fingerprint density at radius 2 is 2.41 bits per heavy atom. The van der Waals surface area contributed by atoms with Gasteiger partial charge in [0.15, 0.2) is 5.78 Å². The van der Waals surface area contributed by atoms with Crippen LogP contribution in [0.4, 0.5) is 0 Å². The monoisotopic (exact) mass is 304 g/mol. The minimum absolute atomic E-state index is 0.00910. The third-order valence-electron chi connectivity index (χ3n) is 3.68. The van der Waals surface area contributed by atoms with Crippen molar-refractivity contribution in [1.29, 1.82) is 0 Å². The predicted molar refractivity (Wildman–Crippen MR) is 86.0 cm³/mol. The summed E-state index contributed by atoms with van der Waals surface area (Å²) in [5, 5.41) is 0.0587. The van der Waals surface area contributed by atoms with Crippen LogP contribution in [0.3, 0.4) is 0 Å². The van der Waals surface area contributed by atoms with Crippen molar-refractivity contribution in [3.8, 4) is 0 Å². The van der Waals surface area contributed by atoms with Gasteiger partial charge in [-0.25, -0.2) is 4.98 Å². The van der Waals surface area contributed by atoms with E-state index in [0.29, 0.717) is 9.13 Å². The lowest BCUT2D eigenvalue weighted by molar-refractivity contribution is 0.0888. The fourth-order valence-corrected chi connectivity index (χ4v) is 2.59. The number of Topliss-reactive ketones (excluding diaryl/α,β-unsaturated/α-hetero) is 1. The largest absolute Gasteiger partial charge is 0.347 e. The van der Waals surface area contributed by atoms with Gasteiger partial charge in [-0.05, 0) is 25.7 Å². The highest BCUT2D eigenvalue weighted by atomic mass is 16.1. The number of carbonyl (C=O) groups is 1. The van der Waals surface area contributed by atoms with Gasteiger partial charge in [-0.1, -0.05) is 18.2 Å². The summed E-state index contributed by atoms with van der Waals surface area (Å²) in [5.41, 5.74) is -1.10. The maximum Gasteiger partial charge on any atom is 0.170 e. The van der Waals surface area contributed by atoms with Crippen molar-refractivity contribution < 1.29 is 19.9 Å². The van der Waals surface area contributed by atoms with Crippen molar-refractivity contribution in [2.75, 3.05) is 0 Å². The molecule has 1 aromatic carbocycles. The Morgan fingerprint density at radius 3 is 3.18 bits per heavy atom. The molecule has 1 aliphatic rings. The molecular formula is C18H19N3O. The third kappa shape index (κ3) is 1.83. The molecule has 2 heterocycles. The Kier molecular flexibility index (Phi) is 1.32. The van der Waals surface area contributed by atoms with Gasteiger partial charge >= 0.3 is 0 Å². The summed E-state index contributed by atoms with van der Waals surface area (Å²) in [7, 11) is 0. The normalized spacial score (nSPS) is 31.0. The molecule has 1 atom stereocenters. The number of aryl methyl sites for hydroxylation is 2. The number of rotatable bonds is 2. The van der Waals surface area contributed by atoms with E-state index in [9.17, 15) is 4.79 Å². The van der Waals surface area contributed by atoms with Gasteiger partial charge in [-0.2, -0.15) is 0 Å². The van der Waals surface area contributed by atoms with Gasteiger partial charge in [0, 0.05) is 63.5 Å². The van der Waals surface area contributed by atoms with Crippen LogP contribution in [0.1, 0.15) is 43.3 Å². The van der Waals surface area contributed by atoms with E-state index < -0.39 is 61.5 Å². The molecule has 0 saturated heterocycles. The Hall–Kier alpha value is -2.36. The number of nitrogens with zero attached hydrogens (tertiary/aromatic N) is 3. The quantitative estimate of drug-likeness (QED) is 0.730. The molecule has 0 spiro atoms. The number of hydrogen-bond acceptors (Lipinski definition) is 2. The van der Waals surface area contributed by atoms with Crippen LogP contribution in [0.25, 0.3) is 10.9 Å². The minimum Gasteiger partial charge on any atom is -0.347 e. The Balaban J connectivity index is 2.11. The number of fused-ring (bicyclic) bond motifs is 3. The number of carbonyl (C=O) groups excluding carboxylic acids is 1. The highest BCUT2D eigenvalue weighted by Gasteiger charge is 2.32. The molecule has 0 fully saturated rings. The molecule has 4 rings (SSSR count). The van der Waals surface area contributed by atoms with Crippen molar-refractivity contribution in [3.05, 3.63) is 53.7 Å². The summed E-state index contributed by atoms with van der Waals surface area (Å²) in [4.78, 5) is 17.4. The molecule has 4 nitrogen and oxygen atoms in total. The van der Waals surface area contributed by atoms with Crippen molar-refractivity contribution in [3.63, 3.8) is 0 Å². The van der Waals surface area contributed by atoms with Gasteiger partial charge in [-0.3, -0.25) is 4.79 Å². The van der Waals surface area contributed by atoms with Gasteiger partial charge in [0.1, 0.15) is 5.82 Å². The van der Waals surface area contributed by atoms with Crippen molar-refractivity contribution >= 4 is 16.7 Å². The summed E-state index contributed by atoms with van der Waals surface area (Å²) >= 11 is 0. The lowest BCUT2D eigenvalue weighted by Crippen LogP contribution is -2.27. The van der Waals surface area contributed by atoms with Crippen LogP contribution in [-0.2, 0) is 19.8 Å². The van der Waals surface area contributed by atoms with Crippen LogP contribution >= 0.6 is 0 Å². The van der Waals surface area contributed by atoms with E-state index in [4.69, 9.17) is 15.1 Å². The molecule has 1 unspecified atom stereocenters. The summed E-state index contributed by atoms with van der Waals surface area (Å²) in [5.74, 6) is -3.59. The van der Waals surface area contributed by atoms with E-state index in [1.807, 2.05) is 0 Å². The first kappa shape index (κ1) is 6.03. The highest BCUT2D eigenvalue weighted by Crippen LogP contribution is 2.34. The zero-order chi connectivity index (χ0) is 24.9. The lowest BCUT2D eigenvalue weighted by atomic mass is 9.85. The number of aromatic nitrogens is 3. The van der Waals surface area contributed by atoms with E-state index >= 15 is 0 Å². The van der Waals surface area contributed by atoms with Gasteiger partial charge in [0.05, 0.1) is 5.48 Å². The molecule has 0 radical (unpaired) electrons. The second kappa shape index (κ2) is 4.83. The Bertz CT molecular complexity index is 1300. The summed E-state index contributed by atoms with van der Waals surface area (Å²) in [6, 6.07) is 5.78. The SMILES string of the molecule is [2H]c1nc(C)n(C([2H])([2H])C2C(=O)c3c(n(C([2H])([2H])[2H])c4ccccc34)C([2H])([2H])C2([2H])[2H])c1[2H]. The maximum atomic E-state index is 13.7. The first-order valence-electron chi connectivity index (χ1n) is 12.2. The molecule has 22 heavy (non-hydrogen) atoms. The van der Waals surface area contributed by atoms with Gasteiger partial charge < -0.3 is 9.13 Å². The average Bonchev–Trinajstić information content (AvgIpc) is 3.14. The molecule has 4 heteroatoms. The van der Waals surface area contributed by atoms with E-state index in [-0.39, 0.29) is 16.7 Å². The average molecular weight is 304 g/mol. The second-order valence-electron chi connectivity index (χ2n) is 4.99. The number of benzene rings is 1. The fourth-order valence-electron chi connectivity index (χ4n) is 2.59. The molecule has 0 aliphatic heterocycles. The summed E-state index contributed by atoms with van der Waals surface area (Å²) in [6.07, 6.45) is -7.62. The molecule has 3 aromatic rings. The smallest absolute Gasteiger partial charge is 0.170 e. The summed E-state index contributed by atoms with van der Waals surface area (Å²) < 4.78 is 92.3. The molecule has 2 aromatic heterocycles. The van der Waals surface area contributed by atoms with Crippen LogP contribution in [0.2, 0.25) is 0 Å². The van der Waals surface area contributed by atoms with Gasteiger partial charge in [-0.15, -0.1) is 0 Å². The zero-order valence-corrected chi connectivity index (χ0v) is 11.6. The van der Waals surface area contributed by atoms with Crippen LogP contribution in [-0.4, -0.2) is 19.9 Å². The fraction of sp³-hybridized carbons (Fsp3) is 0.333. The minimum atomic E-state index is -3.23. The van der Waals surface area contributed by atoms with Crippen molar-refractivity contribution in [2.45, 2.75) is 26.2 Å². The van der Waals surface area contributed by atoms with E-state index in [2.05, 4.69) is 4.98 Å².